The first-order chi connectivity index (χ1) is 9.40. The van der Waals surface area contributed by atoms with Crippen molar-refractivity contribution in [3.8, 4) is 0 Å². The summed E-state index contributed by atoms with van der Waals surface area (Å²) >= 11 is 0. The van der Waals surface area contributed by atoms with Crippen molar-refractivity contribution >= 4 is 17.3 Å². The van der Waals surface area contributed by atoms with Crippen molar-refractivity contribution in [3.05, 3.63) is 50.8 Å². The number of H-pyrrole nitrogens is 1. The Morgan fingerprint density at radius 3 is 2.60 bits per heavy atom. The van der Waals surface area contributed by atoms with Gasteiger partial charge < -0.3 is 5.32 Å². The third-order valence-corrected chi connectivity index (χ3v) is 3.04. The lowest BCUT2D eigenvalue weighted by atomic mass is 10.1. The van der Waals surface area contributed by atoms with Crippen LogP contribution in [-0.2, 0) is 0 Å². The first kappa shape index (κ1) is 13.7. The highest BCUT2D eigenvalue weighted by Crippen LogP contribution is 2.21. The second kappa shape index (κ2) is 5.12. The van der Waals surface area contributed by atoms with Gasteiger partial charge in [0.05, 0.1) is 22.0 Å². The Balaban J connectivity index is 2.34. The van der Waals surface area contributed by atoms with Crippen molar-refractivity contribution in [3.63, 3.8) is 0 Å². The molecule has 0 aliphatic heterocycles. The number of amides is 1. The molecule has 1 amide bonds. The van der Waals surface area contributed by atoms with Gasteiger partial charge >= 0.3 is 0 Å². The van der Waals surface area contributed by atoms with E-state index in [1.165, 1.54) is 12.1 Å². The lowest BCUT2D eigenvalue weighted by Crippen LogP contribution is -2.14. The second-order valence-corrected chi connectivity index (χ2v) is 4.52. The molecule has 1 heterocycles. The van der Waals surface area contributed by atoms with E-state index in [4.69, 9.17) is 0 Å². The van der Waals surface area contributed by atoms with E-state index in [-0.39, 0.29) is 17.2 Å². The van der Waals surface area contributed by atoms with Gasteiger partial charge in [-0.1, -0.05) is 6.07 Å². The molecular formula is C13H14N4O3. The molecule has 2 rings (SSSR count). The van der Waals surface area contributed by atoms with Crippen LogP contribution in [0.15, 0.2) is 18.2 Å². The van der Waals surface area contributed by atoms with Crippen molar-refractivity contribution in [2.45, 2.75) is 20.8 Å². The largest absolute Gasteiger partial charge is 0.319 e. The van der Waals surface area contributed by atoms with E-state index >= 15 is 0 Å². The van der Waals surface area contributed by atoms with Gasteiger partial charge in [0.2, 0.25) is 0 Å². The molecule has 2 aromatic rings. The number of nitro groups is 1. The maximum absolute atomic E-state index is 12.2. The van der Waals surface area contributed by atoms with Crippen molar-refractivity contribution in [1.29, 1.82) is 0 Å². The molecule has 0 fully saturated rings. The van der Waals surface area contributed by atoms with E-state index in [9.17, 15) is 14.9 Å². The minimum Gasteiger partial charge on any atom is -0.319 e. The standard InChI is InChI=1S/C13H14N4O3/c1-7-4-5-10(17(19)20)6-11(7)13(18)14-12-8(2)15-16-9(12)3/h4-6H,1-3H3,(H,14,18)(H,15,16). The third kappa shape index (κ3) is 2.51. The van der Waals surface area contributed by atoms with Crippen molar-refractivity contribution in [1.82, 2.24) is 10.2 Å². The summed E-state index contributed by atoms with van der Waals surface area (Å²) in [6.45, 7) is 5.28. The number of hydrogen-bond donors (Lipinski definition) is 2. The molecule has 0 aliphatic carbocycles. The van der Waals surface area contributed by atoms with Crippen molar-refractivity contribution < 1.29 is 9.72 Å². The summed E-state index contributed by atoms with van der Waals surface area (Å²) in [6.07, 6.45) is 0. The summed E-state index contributed by atoms with van der Waals surface area (Å²) in [7, 11) is 0. The summed E-state index contributed by atoms with van der Waals surface area (Å²) in [4.78, 5) is 22.5. The fourth-order valence-electron chi connectivity index (χ4n) is 1.88. The van der Waals surface area contributed by atoms with Crippen LogP contribution in [0.2, 0.25) is 0 Å². The average Bonchev–Trinajstić information content (AvgIpc) is 2.70. The topological polar surface area (TPSA) is 101 Å². The Bertz CT molecular complexity index is 671. The first-order valence-corrected chi connectivity index (χ1v) is 5.98. The highest BCUT2D eigenvalue weighted by molar-refractivity contribution is 6.06. The van der Waals surface area contributed by atoms with Gasteiger partial charge in [-0.15, -0.1) is 0 Å². The number of hydrogen-bond acceptors (Lipinski definition) is 4. The lowest BCUT2D eigenvalue weighted by Gasteiger charge is -2.07. The number of carbonyl (C=O) groups excluding carboxylic acids is 1. The predicted octanol–water partition coefficient (Wildman–Crippen LogP) is 2.50. The SMILES string of the molecule is Cc1ccc([N+](=O)[O-])cc1C(=O)Nc1c(C)n[nH]c1C. The smallest absolute Gasteiger partial charge is 0.270 e. The number of anilines is 1. The summed E-state index contributed by atoms with van der Waals surface area (Å²) in [5, 5.41) is 20.2. The first-order valence-electron chi connectivity index (χ1n) is 5.98. The minimum absolute atomic E-state index is 0.110. The van der Waals surface area contributed by atoms with Gasteiger partial charge in [-0.3, -0.25) is 20.0 Å². The van der Waals surface area contributed by atoms with E-state index < -0.39 is 4.92 Å². The van der Waals surface area contributed by atoms with Crippen LogP contribution in [0, 0.1) is 30.9 Å². The number of nitro benzene ring substituents is 1. The highest BCUT2D eigenvalue weighted by atomic mass is 16.6. The zero-order valence-electron chi connectivity index (χ0n) is 11.4. The second-order valence-electron chi connectivity index (χ2n) is 4.52. The molecule has 0 atom stereocenters. The zero-order valence-corrected chi connectivity index (χ0v) is 11.4. The van der Waals surface area contributed by atoms with E-state index in [0.717, 1.165) is 5.69 Å². The van der Waals surface area contributed by atoms with E-state index in [1.54, 1.807) is 26.8 Å². The molecule has 0 spiro atoms. The van der Waals surface area contributed by atoms with Gasteiger partial charge in [0.25, 0.3) is 11.6 Å². The number of non-ortho nitro benzene ring substituents is 1. The molecular weight excluding hydrogens is 260 g/mol. The third-order valence-electron chi connectivity index (χ3n) is 3.04. The summed E-state index contributed by atoms with van der Waals surface area (Å²) in [5.41, 5.74) is 2.84. The van der Waals surface area contributed by atoms with Crippen molar-refractivity contribution in [2.75, 3.05) is 5.32 Å². The summed E-state index contributed by atoms with van der Waals surface area (Å²) < 4.78 is 0. The number of rotatable bonds is 3. The molecule has 20 heavy (non-hydrogen) atoms. The van der Waals surface area contributed by atoms with Crippen LogP contribution in [0.4, 0.5) is 11.4 Å². The van der Waals surface area contributed by atoms with Crippen LogP contribution >= 0.6 is 0 Å². The van der Waals surface area contributed by atoms with Gasteiger partial charge in [-0.2, -0.15) is 5.10 Å². The number of aromatic amines is 1. The lowest BCUT2D eigenvalue weighted by molar-refractivity contribution is -0.384. The molecule has 7 nitrogen and oxygen atoms in total. The summed E-state index contributed by atoms with van der Waals surface area (Å²) in [6, 6.07) is 4.21. The molecule has 104 valence electrons. The Morgan fingerprint density at radius 2 is 2.05 bits per heavy atom. The zero-order chi connectivity index (χ0) is 14.9. The van der Waals surface area contributed by atoms with Crippen LogP contribution < -0.4 is 5.32 Å². The molecule has 0 aliphatic rings. The molecule has 2 N–H and O–H groups in total. The highest BCUT2D eigenvalue weighted by Gasteiger charge is 2.17. The van der Waals surface area contributed by atoms with Crippen LogP contribution in [-0.4, -0.2) is 21.0 Å². The van der Waals surface area contributed by atoms with Crippen LogP contribution in [0.5, 0.6) is 0 Å². The van der Waals surface area contributed by atoms with Gasteiger partial charge in [-0.05, 0) is 26.3 Å². The maximum Gasteiger partial charge on any atom is 0.270 e. The van der Waals surface area contributed by atoms with Gasteiger partial charge in [-0.25, -0.2) is 0 Å². The number of carbonyl (C=O) groups is 1. The van der Waals surface area contributed by atoms with Gasteiger partial charge in [0, 0.05) is 17.7 Å². The predicted molar refractivity (Wildman–Crippen MR) is 73.8 cm³/mol. The molecule has 0 unspecified atom stereocenters. The maximum atomic E-state index is 12.2. The number of nitrogens with zero attached hydrogens (tertiary/aromatic N) is 2. The molecule has 0 saturated carbocycles. The quantitative estimate of drug-likeness (QED) is 0.663. The minimum atomic E-state index is -0.523. The van der Waals surface area contributed by atoms with Crippen molar-refractivity contribution in [2.24, 2.45) is 0 Å². The number of nitrogens with one attached hydrogen (secondary N) is 2. The van der Waals surface area contributed by atoms with E-state index in [1.807, 2.05) is 0 Å². The average molecular weight is 274 g/mol. The number of benzene rings is 1. The Hall–Kier alpha value is -2.70. The number of aromatic nitrogens is 2. The van der Waals surface area contributed by atoms with E-state index in [2.05, 4.69) is 15.5 Å². The molecule has 0 saturated heterocycles. The van der Waals surface area contributed by atoms with Gasteiger partial charge in [0.1, 0.15) is 0 Å². The Morgan fingerprint density at radius 1 is 1.35 bits per heavy atom. The summed E-state index contributed by atoms with van der Waals surface area (Å²) in [5.74, 6) is -0.390. The van der Waals surface area contributed by atoms with Crippen LogP contribution in [0.3, 0.4) is 0 Å². The molecule has 0 radical (unpaired) electrons. The molecule has 0 bridgehead atoms. The number of aryl methyl sites for hydroxylation is 3. The molecule has 7 heteroatoms. The monoisotopic (exact) mass is 274 g/mol. The molecule has 1 aromatic heterocycles. The Kier molecular flexibility index (Phi) is 3.51. The molecule has 1 aromatic carbocycles. The van der Waals surface area contributed by atoms with E-state index in [0.29, 0.717) is 16.9 Å². The normalized spacial score (nSPS) is 10.3. The van der Waals surface area contributed by atoms with Crippen LogP contribution in [0.25, 0.3) is 0 Å². The fraction of sp³-hybridized carbons (Fsp3) is 0.231. The Labute approximate surface area is 115 Å². The fourth-order valence-corrected chi connectivity index (χ4v) is 1.88. The van der Waals surface area contributed by atoms with Crippen LogP contribution in [0.1, 0.15) is 27.3 Å². The van der Waals surface area contributed by atoms with Gasteiger partial charge in [0.15, 0.2) is 0 Å².